The van der Waals surface area contributed by atoms with Crippen LogP contribution in [0.4, 0.5) is 5.69 Å². The molecule has 0 atom stereocenters. The van der Waals surface area contributed by atoms with Gasteiger partial charge in [-0.25, -0.2) is 4.79 Å². The Kier molecular flexibility index (Phi) is 7.41. The molecular formula is C20H19NO7. The molecule has 0 aromatic heterocycles. The fraction of sp³-hybridized carbons (Fsp3) is 0.200. The van der Waals surface area contributed by atoms with Crippen LogP contribution in [0.15, 0.2) is 48.5 Å². The molecule has 0 N–H and O–H groups in total. The first kappa shape index (κ1) is 20.8. The molecule has 0 radical (unpaired) electrons. The van der Waals surface area contributed by atoms with E-state index in [9.17, 15) is 19.7 Å². The lowest BCUT2D eigenvalue weighted by atomic mass is 10.1. The molecule has 0 amide bonds. The minimum Gasteiger partial charge on any atom is -0.468 e. The third-order valence-electron chi connectivity index (χ3n) is 3.60. The Morgan fingerprint density at radius 1 is 1.18 bits per heavy atom. The normalized spacial score (nSPS) is 10.6. The molecule has 2 rings (SSSR count). The monoisotopic (exact) mass is 385 g/mol. The number of methoxy groups -OCH3 is 1. The minimum absolute atomic E-state index is 0.0536. The number of allylic oxidation sites excluding steroid dienone is 1. The first-order valence-electron chi connectivity index (χ1n) is 8.36. The number of ether oxygens (including phenoxy) is 3. The van der Waals surface area contributed by atoms with Crippen molar-refractivity contribution in [3.8, 4) is 5.75 Å². The number of esters is 1. The third-order valence-corrected chi connectivity index (χ3v) is 3.60. The SMILES string of the molecule is CCOC(=O)c1cccc(/C=C/C(=O)c2cc(OCOC)ccc2[N+](=O)[O-])c1. The maximum Gasteiger partial charge on any atom is 0.338 e. The second-order valence-corrected chi connectivity index (χ2v) is 5.53. The van der Waals surface area contributed by atoms with Gasteiger partial charge in [-0.05, 0) is 42.8 Å². The van der Waals surface area contributed by atoms with Crippen molar-refractivity contribution in [3.63, 3.8) is 0 Å². The van der Waals surface area contributed by atoms with Gasteiger partial charge in [-0.15, -0.1) is 0 Å². The zero-order chi connectivity index (χ0) is 20.5. The number of carbonyl (C=O) groups is 2. The van der Waals surface area contributed by atoms with Gasteiger partial charge in [0.05, 0.1) is 17.1 Å². The van der Waals surface area contributed by atoms with Crippen molar-refractivity contribution in [1.82, 2.24) is 0 Å². The second kappa shape index (κ2) is 9.98. The zero-order valence-electron chi connectivity index (χ0n) is 15.4. The number of hydrogen-bond donors (Lipinski definition) is 0. The van der Waals surface area contributed by atoms with Crippen molar-refractivity contribution in [1.29, 1.82) is 0 Å². The zero-order valence-corrected chi connectivity index (χ0v) is 15.4. The highest BCUT2D eigenvalue weighted by Crippen LogP contribution is 2.25. The van der Waals surface area contributed by atoms with Crippen molar-refractivity contribution < 1.29 is 28.7 Å². The molecule has 8 nitrogen and oxygen atoms in total. The summed E-state index contributed by atoms with van der Waals surface area (Å²) in [5.74, 6) is -0.771. The maximum absolute atomic E-state index is 12.5. The van der Waals surface area contributed by atoms with Crippen LogP contribution in [0.2, 0.25) is 0 Å². The van der Waals surface area contributed by atoms with Crippen molar-refractivity contribution in [2.45, 2.75) is 6.92 Å². The predicted molar refractivity (Wildman–Crippen MR) is 101 cm³/mol. The molecule has 2 aromatic rings. The molecule has 2 aromatic carbocycles. The summed E-state index contributed by atoms with van der Waals surface area (Å²) in [7, 11) is 1.44. The summed E-state index contributed by atoms with van der Waals surface area (Å²) < 4.78 is 15.0. The highest BCUT2D eigenvalue weighted by Gasteiger charge is 2.19. The van der Waals surface area contributed by atoms with E-state index in [1.54, 1.807) is 31.2 Å². The van der Waals surface area contributed by atoms with Crippen LogP contribution in [-0.4, -0.2) is 37.2 Å². The van der Waals surface area contributed by atoms with Crippen LogP contribution >= 0.6 is 0 Å². The molecule has 0 aliphatic heterocycles. The second-order valence-electron chi connectivity index (χ2n) is 5.53. The molecule has 0 heterocycles. The average Bonchev–Trinajstić information content (AvgIpc) is 2.70. The van der Waals surface area contributed by atoms with Crippen LogP contribution in [0.25, 0.3) is 6.08 Å². The van der Waals surface area contributed by atoms with Gasteiger partial charge in [0.15, 0.2) is 12.6 Å². The molecule has 0 fully saturated rings. The average molecular weight is 385 g/mol. The minimum atomic E-state index is -0.636. The summed E-state index contributed by atoms with van der Waals surface area (Å²) in [5, 5.41) is 11.2. The van der Waals surface area contributed by atoms with E-state index in [2.05, 4.69) is 0 Å². The Balaban J connectivity index is 2.27. The number of ketones is 1. The molecule has 0 saturated heterocycles. The van der Waals surface area contributed by atoms with Crippen molar-refractivity contribution >= 4 is 23.5 Å². The molecule has 8 heteroatoms. The fourth-order valence-corrected chi connectivity index (χ4v) is 2.33. The first-order chi connectivity index (χ1) is 13.5. The van der Waals surface area contributed by atoms with Crippen molar-refractivity contribution in [2.24, 2.45) is 0 Å². The number of nitrogens with zero attached hydrogens (tertiary/aromatic N) is 1. The Morgan fingerprint density at radius 2 is 1.96 bits per heavy atom. The van der Waals surface area contributed by atoms with E-state index in [4.69, 9.17) is 14.2 Å². The number of carbonyl (C=O) groups excluding carboxylic acids is 2. The molecular weight excluding hydrogens is 366 g/mol. The van der Waals surface area contributed by atoms with Gasteiger partial charge >= 0.3 is 5.97 Å². The van der Waals surface area contributed by atoms with Gasteiger partial charge in [-0.1, -0.05) is 18.2 Å². The van der Waals surface area contributed by atoms with Gasteiger partial charge in [-0.2, -0.15) is 0 Å². The van der Waals surface area contributed by atoms with Crippen LogP contribution in [0.1, 0.15) is 33.2 Å². The standard InChI is InChI=1S/C20H19NO7/c1-3-27-20(23)15-6-4-5-14(11-15)7-10-19(22)17-12-16(28-13-26-2)8-9-18(17)21(24)25/h4-12H,3,13H2,1-2H3/b10-7+. The quantitative estimate of drug-likeness (QED) is 0.162. The smallest absolute Gasteiger partial charge is 0.338 e. The number of hydrogen-bond acceptors (Lipinski definition) is 7. The van der Waals surface area contributed by atoms with E-state index >= 15 is 0 Å². The van der Waals surface area contributed by atoms with Crippen molar-refractivity contribution in [2.75, 3.05) is 20.5 Å². The van der Waals surface area contributed by atoms with Crippen LogP contribution in [-0.2, 0) is 9.47 Å². The Morgan fingerprint density at radius 3 is 2.64 bits per heavy atom. The van der Waals surface area contributed by atoms with E-state index < -0.39 is 16.7 Å². The number of nitro benzene ring substituents is 1. The maximum atomic E-state index is 12.5. The highest BCUT2D eigenvalue weighted by atomic mass is 16.7. The van der Waals surface area contributed by atoms with Crippen LogP contribution in [0.5, 0.6) is 5.75 Å². The summed E-state index contributed by atoms with van der Waals surface area (Å²) in [6, 6.07) is 10.4. The van der Waals surface area contributed by atoms with Gasteiger partial charge in [0, 0.05) is 13.2 Å². The Bertz CT molecular complexity index is 905. The lowest BCUT2D eigenvalue weighted by molar-refractivity contribution is -0.385. The fourth-order valence-electron chi connectivity index (χ4n) is 2.33. The van der Waals surface area contributed by atoms with E-state index in [0.29, 0.717) is 11.1 Å². The van der Waals surface area contributed by atoms with E-state index in [1.807, 2.05) is 0 Å². The molecule has 28 heavy (non-hydrogen) atoms. The third kappa shape index (κ3) is 5.49. The van der Waals surface area contributed by atoms with Crippen LogP contribution in [0.3, 0.4) is 0 Å². The molecule has 146 valence electrons. The summed E-state index contributed by atoms with van der Waals surface area (Å²) in [6.45, 7) is 1.90. The largest absolute Gasteiger partial charge is 0.468 e. The molecule has 0 unspecified atom stereocenters. The summed E-state index contributed by atoms with van der Waals surface area (Å²) in [5.41, 5.74) is 0.474. The van der Waals surface area contributed by atoms with Gasteiger partial charge in [0.2, 0.25) is 0 Å². The summed E-state index contributed by atoms with van der Waals surface area (Å²) in [4.78, 5) is 34.9. The summed E-state index contributed by atoms with van der Waals surface area (Å²) >= 11 is 0. The van der Waals surface area contributed by atoms with Crippen LogP contribution in [0, 0.1) is 10.1 Å². The number of rotatable bonds is 9. The summed E-state index contributed by atoms with van der Waals surface area (Å²) in [6.07, 6.45) is 2.67. The topological polar surface area (TPSA) is 105 Å². The van der Waals surface area contributed by atoms with Gasteiger partial charge < -0.3 is 14.2 Å². The van der Waals surface area contributed by atoms with Crippen molar-refractivity contribution in [3.05, 3.63) is 75.3 Å². The van der Waals surface area contributed by atoms with Crippen LogP contribution < -0.4 is 4.74 Å². The molecule has 0 saturated carbocycles. The highest BCUT2D eigenvalue weighted by molar-refractivity contribution is 6.09. The van der Waals surface area contributed by atoms with Gasteiger partial charge in [0.25, 0.3) is 5.69 Å². The molecule has 0 spiro atoms. The van der Waals surface area contributed by atoms with E-state index in [1.165, 1.54) is 37.5 Å². The predicted octanol–water partition coefficient (Wildman–Crippen LogP) is 3.65. The van der Waals surface area contributed by atoms with E-state index in [0.717, 1.165) is 0 Å². The number of benzene rings is 2. The first-order valence-corrected chi connectivity index (χ1v) is 8.36. The van der Waals surface area contributed by atoms with Gasteiger partial charge in [-0.3, -0.25) is 14.9 Å². The molecule has 0 aliphatic rings. The lowest BCUT2D eigenvalue weighted by Gasteiger charge is -2.06. The van der Waals surface area contributed by atoms with E-state index in [-0.39, 0.29) is 30.4 Å². The Hall–Kier alpha value is -3.52. The Labute approximate surface area is 161 Å². The number of nitro groups is 1. The lowest BCUT2D eigenvalue weighted by Crippen LogP contribution is -2.05. The molecule has 0 aliphatic carbocycles. The van der Waals surface area contributed by atoms with Gasteiger partial charge in [0.1, 0.15) is 11.3 Å². The molecule has 0 bridgehead atoms.